The number of carbonyl (C=O) groups is 2. The van der Waals surface area contributed by atoms with Crippen molar-refractivity contribution in [2.24, 2.45) is 11.3 Å². The number of amides is 1. The Labute approximate surface area is 125 Å². The second kappa shape index (κ2) is 5.94. The molecule has 1 atom stereocenters. The van der Waals surface area contributed by atoms with Crippen molar-refractivity contribution in [2.45, 2.75) is 39.0 Å². The Morgan fingerprint density at radius 2 is 1.90 bits per heavy atom. The fourth-order valence-electron chi connectivity index (χ4n) is 3.31. The van der Waals surface area contributed by atoms with Gasteiger partial charge in [0.25, 0.3) is 0 Å². The van der Waals surface area contributed by atoms with Gasteiger partial charge in [-0.2, -0.15) is 0 Å². The monoisotopic (exact) mass is 317 g/mol. The number of nitrogens with zero attached hydrogens (tertiary/aromatic N) is 1. The van der Waals surface area contributed by atoms with Crippen molar-refractivity contribution in [2.75, 3.05) is 24.6 Å². The van der Waals surface area contributed by atoms with E-state index in [4.69, 9.17) is 0 Å². The van der Waals surface area contributed by atoms with Crippen LogP contribution in [-0.4, -0.2) is 54.9 Å². The summed E-state index contributed by atoms with van der Waals surface area (Å²) >= 11 is 0. The molecule has 2 saturated heterocycles. The Morgan fingerprint density at radius 3 is 2.33 bits per heavy atom. The number of sulfone groups is 1. The summed E-state index contributed by atoms with van der Waals surface area (Å²) in [7, 11) is -2.95. The van der Waals surface area contributed by atoms with Crippen LogP contribution >= 0.6 is 0 Å². The van der Waals surface area contributed by atoms with Crippen molar-refractivity contribution < 1.29 is 23.1 Å². The second-order valence-corrected chi connectivity index (χ2v) is 8.52. The van der Waals surface area contributed by atoms with Gasteiger partial charge in [-0.05, 0) is 31.6 Å². The number of rotatable bonds is 4. The first-order chi connectivity index (χ1) is 9.78. The summed E-state index contributed by atoms with van der Waals surface area (Å²) in [5, 5.41) is 9.33. The highest BCUT2D eigenvalue weighted by Gasteiger charge is 2.41. The first-order valence-electron chi connectivity index (χ1n) is 7.49. The van der Waals surface area contributed by atoms with Crippen molar-refractivity contribution in [3.63, 3.8) is 0 Å². The minimum Gasteiger partial charge on any atom is -0.481 e. The molecule has 7 heteroatoms. The van der Waals surface area contributed by atoms with Gasteiger partial charge in [0.1, 0.15) is 0 Å². The van der Waals surface area contributed by atoms with Crippen LogP contribution in [0.5, 0.6) is 0 Å². The molecule has 0 spiro atoms. The standard InChI is InChI=1S/C14H23NO5S/c1-2-14(13(17)18)4-6-15(7-5-14)12(16)9-11-3-8-21(19,20)10-11/h11H,2-10H2,1H3,(H,17,18). The largest absolute Gasteiger partial charge is 0.481 e. The predicted molar refractivity (Wildman–Crippen MR) is 77.6 cm³/mol. The zero-order chi connectivity index (χ0) is 15.7. The van der Waals surface area contributed by atoms with Crippen LogP contribution in [0.4, 0.5) is 0 Å². The first-order valence-corrected chi connectivity index (χ1v) is 9.32. The summed E-state index contributed by atoms with van der Waals surface area (Å²) in [5.74, 6) is -0.588. The van der Waals surface area contributed by atoms with Gasteiger partial charge in [-0.3, -0.25) is 9.59 Å². The van der Waals surface area contributed by atoms with Crippen LogP contribution in [-0.2, 0) is 19.4 Å². The normalized spacial score (nSPS) is 27.5. The van der Waals surface area contributed by atoms with Crippen LogP contribution in [0, 0.1) is 11.3 Å². The quantitative estimate of drug-likeness (QED) is 0.832. The molecule has 0 aromatic rings. The molecule has 1 N–H and O–H groups in total. The summed E-state index contributed by atoms with van der Waals surface area (Å²) < 4.78 is 22.8. The van der Waals surface area contributed by atoms with Crippen molar-refractivity contribution in [3.8, 4) is 0 Å². The molecule has 0 aromatic carbocycles. The number of hydrogen-bond donors (Lipinski definition) is 1. The molecule has 0 saturated carbocycles. The average Bonchev–Trinajstić information content (AvgIpc) is 2.77. The van der Waals surface area contributed by atoms with Gasteiger partial charge in [-0.1, -0.05) is 6.92 Å². The maximum absolute atomic E-state index is 12.2. The Morgan fingerprint density at radius 1 is 1.29 bits per heavy atom. The van der Waals surface area contributed by atoms with E-state index in [1.165, 1.54) is 0 Å². The van der Waals surface area contributed by atoms with Gasteiger partial charge in [-0.25, -0.2) is 8.42 Å². The van der Waals surface area contributed by atoms with Crippen LogP contribution in [0.3, 0.4) is 0 Å². The average molecular weight is 317 g/mol. The lowest BCUT2D eigenvalue weighted by Crippen LogP contribution is -2.46. The molecule has 1 unspecified atom stereocenters. The van der Waals surface area contributed by atoms with E-state index in [2.05, 4.69) is 0 Å². The molecule has 0 radical (unpaired) electrons. The highest BCUT2D eigenvalue weighted by Crippen LogP contribution is 2.35. The highest BCUT2D eigenvalue weighted by molar-refractivity contribution is 7.91. The van der Waals surface area contributed by atoms with Crippen LogP contribution < -0.4 is 0 Å². The Bertz CT molecular complexity index is 519. The van der Waals surface area contributed by atoms with Gasteiger partial charge in [0.05, 0.1) is 16.9 Å². The predicted octanol–water partition coefficient (Wildman–Crippen LogP) is 0.915. The molecule has 2 heterocycles. The van der Waals surface area contributed by atoms with E-state index in [1.54, 1.807) is 4.90 Å². The molecule has 0 aliphatic carbocycles. The van der Waals surface area contributed by atoms with Crippen LogP contribution in [0.1, 0.15) is 39.0 Å². The topological polar surface area (TPSA) is 91.8 Å². The third-order valence-electron chi connectivity index (χ3n) is 4.99. The van der Waals surface area contributed by atoms with E-state index in [-0.39, 0.29) is 29.8 Å². The Kier molecular flexibility index (Phi) is 4.60. The number of carbonyl (C=O) groups excluding carboxylic acids is 1. The van der Waals surface area contributed by atoms with Crippen LogP contribution in [0.2, 0.25) is 0 Å². The van der Waals surface area contributed by atoms with E-state index in [0.717, 1.165) is 0 Å². The smallest absolute Gasteiger partial charge is 0.309 e. The zero-order valence-corrected chi connectivity index (χ0v) is 13.2. The van der Waals surface area contributed by atoms with Crippen LogP contribution in [0.25, 0.3) is 0 Å². The SMILES string of the molecule is CCC1(C(=O)O)CCN(C(=O)CC2CCS(=O)(=O)C2)CC1. The molecular formula is C14H23NO5S. The fraction of sp³-hybridized carbons (Fsp3) is 0.857. The number of hydrogen-bond acceptors (Lipinski definition) is 4. The molecule has 0 bridgehead atoms. The van der Waals surface area contributed by atoms with Crippen molar-refractivity contribution in [1.82, 2.24) is 4.90 Å². The molecule has 21 heavy (non-hydrogen) atoms. The molecular weight excluding hydrogens is 294 g/mol. The van der Waals surface area contributed by atoms with Gasteiger partial charge in [0, 0.05) is 19.5 Å². The lowest BCUT2D eigenvalue weighted by molar-refractivity contribution is -0.154. The maximum Gasteiger partial charge on any atom is 0.309 e. The molecule has 2 fully saturated rings. The first kappa shape index (κ1) is 16.3. The maximum atomic E-state index is 12.2. The van der Waals surface area contributed by atoms with Crippen LogP contribution in [0.15, 0.2) is 0 Å². The van der Waals surface area contributed by atoms with Crippen molar-refractivity contribution in [3.05, 3.63) is 0 Å². The molecule has 2 rings (SSSR count). The third-order valence-corrected chi connectivity index (χ3v) is 6.83. The summed E-state index contributed by atoms with van der Waals surface area (Å²) in [6.45, 7) is 2.78. The molecule has 2 aliphatic rings. The van der Waals surface area contributed by atoms with E-state index >= 15 is 0 Å². The third kappa shape index (κ3) is 3.56. The lowest BCUT2D eigenvalue weighted by atomic mass is 9.76. The molecule has 0 aromatic heterocycles. The Balaban J connectivity index is 1.88. The van der Waals surface area contributed by atoms with Gasteiger partial charge in [0.2, 0.25) is 5.91 Å². The zero-order valence-electron chi connectivity index (χ0n) is 12.4. The molecule has 120 valence electrons. The second-order valence-electron chi connectivity index (χ2n) is 6.29. The molecule has 1 amide bonds. The summed E-state index contributed by atoms with van der Waals surface area (Å²) in [5.41, 5.74) is -0.701. The van der Waals surface area contributed by atoms with Gasteiger partial charge in [0.15, 0.2) is 9.84 Å². The summed E-state index contributed by atoms with van der Waals surface area (Å²) in [6.07, 6.45) is 2.37. The minimum absolute atomic E-state index is 0.0350. The number of carboxylic acids is 1. The van der Waals surface area contributed by atoms with Crippen molar-refractivity contribution >= 4 is 21.7 Å². The van der Waals surface area contributed by atoms with Gasteiger partial charge < -0.3 is 10.0 Å². The number of aliphatic carboxylic acids is 1. The molecule has 2 aliphatic heterocycles. The van der Waals surface area contributed by atoms with Gasteiger partial charge in [-0.15, -0.1) is 0 Å². The number of likely N-dealkylation sites (tertiary alicyclic amines) is 1. The number of piperidine rings is 1. The van der Waals surface area contributed by atoms with E-state index in [1.807, 2.05) is 6.92 Å². The highest BCUT2D eigenvalue weighted by atomic mass is 32.2. The van der Waals surface area contributed by atoms with Crippen molar-refractivity contribution in [1.29, 1.82) is 0 Å². The van der Waals surface area contributed by atoms with E-state index in [0.29, 0.717) is 38.8 Å². The van der Waals surface area contributed by atoms with E-state index in [9.17, 15) is 23.1 Å². The summed E-state index contributed by atoms with van der Waals surface area (Å²) in [6, 6.07) is 0. The van der Waals surface area contributed by atoms with E-state index < -0.39 is 21.2 Å². The molecule has 6 nitrogen and oxygen atoms in total. The Hall–Kier alpha value is -1.11. The lowest BCUT2D eigenvalue weighted by Gasteiger charge is -2.38. The van der Waals surface area contributed by atoms with Gasteiger partial charge >= 0.3 is 5.97 Å². The minimum atomic E-state index is -2.95. The summed E-state index contributed by atoms with van der Waals surface area (Å²) in [4.78, 5) is 25.3. The fourth-order valence-corrected chi connectivity index (χ4v) is 5.17. The number of carboxylic acid groups (broad SMARTS) is 1.